The van der Waals surface area contributed by atoms with Crippen LogP contribution in [0, 0.1) is 6.92 Å². The second-order valence-corrected chi connectivity index (χ2v) is 4.22. The molecule has 0 atom stereocenters. The molecule has 5 heteroatoms. The van der Waals surface area contributed by atoms with Crippen LogP contribution in [0.25, 0.3) is 11.4 Å². The quantitative estimate of drug-likeness (QED) is 0.751. The fourth-order valence-corrected chi connectivity index (χ4v) is 1.89. The Morgan fingerprint density at radius 2 is 2.11 bits per heavy atom. The van der Waals surface area contributed by atoms with E-state index in [0.29, 0.717) is 12.4 Å². The molecule has 0 saturated carbocycles. The number of anilines is 1. The van der Waals surface area contributed by atoms with Crippen molar-refractivity contribution in [2.24, 2.45) is 0 Å². The number of aromatic amines is 1. The smallest absolute Gasteiger partial charge is 0.183 e. The van der Waals surface area contributed by atoms with Crippen molar-refractivity contribution in [1.82, 2.24) is 15.2 Å². The largest absolute Gasteiger partial charge is 0.467 e. The Kier molecular flexibility index (Phi) is 3.02. The fourth-order valence-electron chi connectivity index (χ4n) is 1.89. The Bertz CT molecular complexity index is 658. The monoisotopic (exact) mass is 254 g/mol. The van der Waals surface area contributed by atoms with Gasteiger partial charge in [-0.25, -0.2) is 4.98 Å². The van der Waals surface area contributed by atoms with Crippen LogP contribution in [0.4, 0.5) is 5.69 Å². The van der Waals surface area contributed by atoms with E-state index in [4.69, 9.17) is 4.42 Å². The van der Waals surface area contributed by atoms with E-state index in [1.54, 1.807) is 6.26 Å². The Morgan fingerprint density at radius 1 is 1.21 bits per heavy atom. The molecule has 19 heavy (non-hydrogen) atoms. The van der Waals surface area contributed by atoms with Gasteiger partial charge in [0.1, 0.15) is 11.6 Å². The average Bonchev–Trinajstić information content (AvgIpc) is 3.08. The molecule has 96 valence electrons. The van der Waals surface area contributed by atoms with Crippen LogP contribution in [0.2, 0.25) is 0 Å². The van der Waals surface area contributed by atoms with Gasteiger partial charge in [0, 0.05) is 11.3 Å². The molecule has 2 aromatic heterocycles. The topological polar surface area (TPSA) is 66.7 Å². The van der Waals surface area contributed by atoms with Crippen molar-refractivity contribution in [3.8, 4) is 11.4 Å². The van der Waals surface area contributed by atoms with E-state index in [0.717, 1.165) is 22.8 Å². The van der Waals surface area contributed by atoms with Gasteiger partial charge in [-0.05, 0) is 31.2 Å². The van der Waals surface area contributed by atoms with Gasteiger partial charge in [-0.15, -0.1) is 0 Å². The molecule has 3 aromatic rings. The normalized spacial score (nSPS) is 10.6. The van der Waals surface area contributed by atoms with E-state index in [2.05, 4.69) is 20.5 Å². The van der Waals surface area contributed by atoms with Crippen molar-refractivity contribution in [3.05, 3.63) is 54.2 Å². The van der Waals surface area contributed by atoms with Crippen LogP contribution in [0.3, 0.4) is 0 Å². The van der Waals surface area contributed by atoms with E-state index in [9.17, 15) is 0 Å². The van der Waals surface area contributed by atoms with Crippen LogP contribution >= 0.6 is 0 Å². The van der Waals surface area contributed by atoms with Gasteiger partial charge in [0.2, 0.25) is 0 Å². The van der Waals surface area contributed by atoms with Gasteiger partial charge in [-0.1, -0.05) is 12.1 Å². The van der Waals surface area contributed by atoms with Gasteiger partial charge in [0.05, 0.1) is 12.8 Å². The summed E-state index contributed by atoms with van der Waals surface area (Å²) in [5.41, 5.74) is 1.95. The molecule has 1 aromatic carbocycles. The average molecular weight is 254 g/mol. The summed E-state index contributed by atoms with van der Waals surface area (Å²) in [5, 5.41) is 10.4. The second-order valence-electron chi connectivity index (χ2n) is 4.22. The minimum absolute atomic E-state index is 0.632. The van der Waals surface area contributed by atoms with Crippen LogP contribution in [-0.4, -0.2) is 15.2 Å². The summed E-state index contributed by atoms with van der Waals surface area (Å²) in [7, 11) is 0. The van der Waals surface area contributed by atoms with Crippen molar-refractivity contribution in [3.63, 3.8) is 0 Å². The molecule has 0 aliphatic heterocycles. The van der Waals surface area contributed by atoms with Crippen molar-refractivity contribution < 1.29 is 4.42 Å². The van der Waals surface area contributed by atoms with Gasteiger partial charge in [-0.3, -0.25) is 5.10 Å². The minimum atomic E-state index is 0.632. The predicted molar refractivity (Wildman–Crippen MR) is 72.6 cm³/mol. The molecule has 0 radical (unpaired) electrons. The van der Waals surface area contributed by atoms with Crippen LogP contribution in [-0.2, 0) is 6.54 Å². The lowest BCUT2D eigenvalue weighted by Crippen LogP contribution is -2.00. The number of hydrogen-bond acceptors (Lipinski definition) is 4. The first-order chi connectivity index (χ1) is 9.33. The van der Waals surface area contributed by atoms with Gasteiger partial charge in [0.15, 0.2) is 5.82 Å². The number of aromatic nitrogens is 3. The molecule has 0 spiro atoms. The molecular formula is C14H14N4O. The Labute approximate surface area is 110 Å². The summed E-state index contributed by atoms with van der Waals surface area (Å²) in [6, 6.07) is 11.8. The Hall–Kier alpha value is -2.56. The zero-order chi connectivity index (χ0) is 13.1. The number of nitrogens with zero attached hydrogens (tertiary/aromatic N) is 2. The molecule has 2 heterocycles. The first-order valence-corrected chi connectivity index (χ1v) is 6.07. The molecule has 3 rings (SSSR count). The summed E-state index contributed by atoms with van der Waals surface area (Å²) in [4.78, 5) is 4.36. The molecule has 5 nitrogen and oxygen atoms in total. The van der Waals surface area contributed by atoms with Crippen LogP contribution < -0.4 is 5.32 Å². The lowest BCUT2D eigenvalue weighted by Gasteiger charge is -2.08. The van der Waals surface area contributed by atoms with Gasteiger partial charge in [-0.2, -0.15) is 5.10 Å². The maximum Gasteiger partial charge on any atom is 0.183 e. The molecule has 0 aliphatic carbocycles. The van der Waals surface area contributed by atoms with Crippen LogP contribution in [0.1, 0.15) is 11.6 Å². The van der Waals surface area contributed by atoms with Crippen molar-refractivity contribution in [2.45, 2.75) is 13.5 Å². The minimum Gasteiger partial charge on any atom is -0.467 e. The highest BCUT2D eigenvalue weighted by Gasteiger charge is 2.09. The molecule has 0 aliphatic rings. The highest BCUT2D eigenvalue weighted by Crippen LogP contribution is 2.25. The van der Waals surface area contributed by atoms with Gasteiger partial charge < -0.3 is 9.73 Å². The van der Waals surface area contributed by atoms with Gasteiger partial charge in [0.25, 0.3) is 0 Å². The number of para-hydroxylation sites is 1. The third kappa shape index (κ3) is 2.49. The summed E-state index contributed by atoms with van der Waals surface area (Å²) in [5.74, 6) is 2.39. The van der Waals surface area contributed by atoms with E-state index < -0.39 is 0 Å². The number of nitrogens with one attached hydrogen (secondary N) is 2. The standard InChI is InChI=1S/C14H14N4O/c1-10-16-14(18-17-10)12-6-2-3-7-13(12)15-9-11-5-4-8-19-11/h2-8,15H,9H2,1H3,(H,16,17,18). The Morgan fingerprint density at radius 3 is 2.84 bits per heavy atom. The highest BCUT2D eigenvalue weighted by molar-refractivity contribution is 5.73. The fraction of sp³-hybridized carbons (Fsp3) is 0.143. The first-order valence-electron chi connectivity index (χ1n) is 6.07. The van der Waals surface area contributed by atoms with E-state index in [-0.39, 0.29) is 0 Å². The zero-order valence-electron chi connectivity index (χ0n) is 10.6. The summed E-state index contributed by atoms with van der Waals surface area (Å²) in [6.07, 6.45) is 1.67. The molecule has 0 amide bonds. The van der Waals surface area contributed by atoms with Crippen LogP contribution in [0.5, 0.6) is 0 Å². The number of rotatable bonds is 4. The lowest BCUT2D eigenvalue weighted by atomic mass is 10.1. The zero-order valence-corrected chi connectivity index (χ0v) is 10.6. The Balaban J connectivity index is 1.85. The number of aryl methyl sites for hydroxylation is 1. The van der Waals surface area contributed by atoms with Crippen molar-refractivity contribution >= 4 is 5.69 Å². The number of furan rings is 1. The second kappa shape index (κ2) is 4.97. The highest BCUT2D eigenvalue weighted by atomic mass is 16.3. The molecule has 0 saturated heterocycles. The number of H-pyrrole nitrogens is 1. The first kappa shape index (κ1) is 11.5. The molecule has 0 bridgehead atoms. The van der Waals surface area contributed by atoms with E-state index in [1.807, 2.05) is 43.3 Å². The molecule has 0 unspecified atom stereocenters. The molecule has 0 fully saturated rings. The third-order valence-corrected chi connectivity index (χ3v) is 2.80. The SMILES string of the molecule is Cc1nc(-c2ccccc2NCc2ccco2)n[nH]1. The van der Waals surface area contributed by atoms with Crippen molar-refractivity contribution in [2.75, 3.05) is 5.32 Å². The van der Waals surface area contributed by atoms with Crippen molar-refractivity contribution in [1.29, 1.82) is 0 Å². The third-order valence-electron chi connectivity index (χ3n) is 2.80. The predicted octanol–water partition coefficient (Wildman–Crippen LogP) is 2.99. The van der Waals surface area contributed by atoms with E-state index in [1.165, 1.54) is 0 Å². The number of benzene rings is 1. The maximum absolute atomic E-state index is 5.30. The molecular weight excluding hydrogens is 240 g/mol. The van der Waals surface area contributed by atoms with Gasteiger partial charge >= 0.3 is 0 Å². The molecule has 2 N–H and O–H groups in total. The summed E-state index contributed by atoms with van der Waals surface area (Å²) in [6.45, 7) is 2.52. The number of hydrogen-bond donors (Lipinski definition) is 2. The summed E-state index contributed by atoms with van der Waals surface area (Å²) >= 11 is 0. The van der Waals surface area contributed by atoms with Crippen LogP contribution in [0.15, 0.2) is 47.1 Å². The lowest BCUT2D eigenvalue weighted by molar-refractivity contribution is 0.518. The summed E-state index contributed by atoms with van der Waals surface area (Å²) < 4.78 is 5.30. The van der Waals surface area contributed by atoms with E-state index >= 15 is 0 Å². The maximum atomic E-state index is 5.30.